The normalized spacial score (nSPS) is 10.3. The van der Waals surface area contributed by atoms with E-state index in [1.807, 2.05) is 0 Å². The first-order valence-corrected chi connectivity index (χ1v) is 5.95. The monoisotopic (exact) mass is 253 g/mol. The molecule has 1 aromatic heterocycles. The molecule has 6 nitrogen and oxygen atoms in total. The number of nitrogens with zero attached hydrogens (tertiary/aromatic N) is 2. The van der Waals surface area contributed by atoms with Crippen molar-refractivity contribution in [3.63, 3.8) is 0 Å². The second kappa shape index (κ2) is 7.60. The first-order chi connectivity index (χ1) is 8.63. The number of methoxy groups -OCH3 is 1. The Bertz CT molecular complexity index is 396. The summed E-state index contributed by atoms with van der Waals surface area (Å²) in [5, 5.41) is 11.9. The molecule has 0 unspecified atom stereocenters. The molecule has 0 aliphatic heterocycles. The van der Waals surface area contributed by atoms with E-state index in [1.165, 1.54) is 6.07 Å². The molecule has 0 aromatic carbocycles. The number of carboxylic acids is 1. The van der Waals surface area contributed by atoms with Crippen molar-refractivity contribution in [1.29, 1.82) is 0 Å². The van der Waals surface area contributed by atoms with Crippen molar-refractivity contribution in [2.45, 2.75) is 26.2 Å². The van der Waals surface area contributed by atoms with Crippen LogP contribution >= 0.6 is 0 Å². The van der Waals surface area contributed by atoms with Crippen molar-refractivity contribution in [2.75, 3.05) is 25.6 Å². The van der Waals surface area contributed by atoms with E-state index < -0.39 is 5.97 Å². The first kappa shape index (κ1) is 14.4. The summed E-state index contributed by atoms with van der Waals surface area (Å²) in [6.45, 7) is 3.24. The van der Waals surface area contributed by atoms with Crippen molar-refractivity contribution in [3.8, 4) is 0 Å². The van der Waals surface area contributed by atoms with Crippen LogP contribution in [0.4, 0.5) is 5.95 Å². The molecule has 0 saturated heterocycles. The number of aryl methyl sites for hydroxylation is 1. The molecular weight excluding hydrogens is 234 g/mol. The Morgan fingerprint density at radius 2 is 2.17 bits per heavy atom. The second-order valence-corrected chi connectivity index (χ2v) is 4.00. The van der Waals surface area contributed by atoms with E-state index in [0.29, 0.717) is 11.6 Å². The lowest BCUT2D eigenvalue weighted by Gasteiger charge is -2.06. The van der Waals surface area contributed by atoms with Crippen molar-refractivity contribution < 1.29 is 14.6 Å². The summed E-state index contributed by atoms with van der Waals surface area (Å²) < 4.78 is 4.95. The molecule has 0 saturated carbocycles. The summed E-state index contributed by atoms with van der Waals surface area (Å²) in [5.41, 5.74) is 0.661. The molecule has 1 heterocycles. The molecule has 0 bridgehead atoms. The average Bonchev–Trinajstić information content (AvgIpc) is 2.33. The van der Waals surface area contributed by atoms with E-state index in [4.69, 9.17) is 9.84 Å². The van der Waals surface area contributed by atoms with Gasteiger partial charge in [0.2, 0.25) is 5.95 Å². The molecule has 100 valence electrons. The van der Waals surface area contributed by atoms with Gasteiger partial charge in [-0.15, -0.1) is 0 Å². The van der Waals surface area contributed by atoms with Crippen LogP contribution in [0.5, 0.6) is 0 Å². The Morgan fingerprint density at radius 1 is 1.39 bits per heavy atom. The highest BCUT2D eigenvalue weighted by Crippen LogP contribution is 2.05. The SMILES string of the molecule is COCCCCCNc1nc(C)cc(C(=O)O)n1. The minimum atomic E-state index is -1.04. The number of hydrogen-bond acceptors (Lipinski definition) is 5. The Kier molecular flexibility index (Phi) is 6.07. The van der Waals surface area contributed by atoms with Crippen LogP contribution in [-0.4, -0.2) is 41.3 Å². The first-order valence-electron chi connectivity index (χ1n) is 5.95. The highest BCUT2D eigenvalue weighted by Gasteiger charge is 2.07. The lowest BCUT2D eigenvalue weighted by atomic mass is 10.2. The van der Waals surface area contributed by atoms with Gasteiger partial charge in [0.05, 0.1) is 0 Å². The molecular formula is C12H19N3O3. The van der Waals surface area contributed by atoms with Crippen LogP contribution in [0.1, 0.15) is 35.4 Å². The van der Waals surface area contributed by atoms with Gasteiger partial charge in [0.15, 0.2) is 5.69 Å². The highest BCUT2D eigenvalue weighted by atomic mass is 16.5. The molecule has 0 aliphatic carbocycles. The second-order valence-electron chi connectivity index (χ2n) is 4.00. The Labute approximate surface area is 106 Å². The van der Waals surface area contributed by atoms with E-state index in [1.54, 1.807) is 14.0 Å². The van der Waals surface area contributed by atoms with Crippen LogP contribution in [0, 0.1) is 6.92 Å². The molecule has 0 amide bonds. The smallest absolute Gasteiger partial charge is 0.354 e. The van der Waals surface area contributed by atoms with Gasteiger partial charge in [-0.3, -0.25) is 0 Å². The predicted octanol–water partition coefficient (Wildman–Crippen LogP) is 1.71. The number of ether oxygens (including phenoxy) is 1. The molecule has 2 N–H and O–H groups in total. The minimum absolute atomic E-state index is 0.0179. The quantitative estimate of drug-likeness (QED) is 0.686. The molecule has 6 heteroatoms. The van der Waals surface area contributed by atoms with E-state index in [0.717, 1.165) is 32.4 Å². The lowest BCUT2D eigenvalue weighted by molar-refractivity contribution is 0.0690. The van der Waals surface area contributed by atoms with E-state index in [9.17, 15) is 4.79 Å². The van der Waals surface area contributed by atoms with Crippen LogP contribution in [0.3, 0.4) is 0 Å². The fourth-order valence-corrected chi connectivity index (χ4v) is 1.51. The highest BCUT2D eigenvalue weighted by molar-refractivity contribution is 5.85. The van der Waals surface area contributed by atoms with Gasteiger partial charge in [0.1, 0.15) is 0 Å². The maximum Gasteiger partial charge on any atom is 0.354 e. The Morgan fingerprint density at radius 3 is 2.83 bits per heavy atom. The van der Waals surface area contributed by atoms with Crippen LogP contribution in [-0.2, 0) is 4.74 Å². The van der Waals surface area contributed by atoms with Gasteiger partial charge in [-0.25, -0.2) is 14.8 Å². The molecule has 0 spiro atoms. The van der Waals surface area contributed by atoms with Gasteiger partial charge >= 0.3 is 5.97 Å². The molecule has 0 atom stereocenters. The minimum Gasteiger partial charge on any atom is -0.477 e. The number of hydrogen-bond donors (Lipinski definition) is 2. The summed E-state index contributed by atoms with van der Waals surface area (Å²) in [7, 11) is 1.69. The summed E-state index contributed by atoms with van der Waals surface area (Å²) in [4.78, 5) is 18.9. The van der Waals surface area contributed by atoms with Gasteiger partial charge in [-0.05, 0) is 32.3 Å². The third-order valence-electron chi connectivity index (χ3n) is 2.38. The Balaban J connectivity index is 2.40. The maximum atomic E-state index is 10.8. The zero-order valence-electron chi connectivity index (χ0n) is 10.8. The number of unbranched alkanes of at least 4 members (excludes halogenated alkanes) is 2. The Hall–Kier alpha value is -1.69. The molecule has 1 rings (SSSR count). The summed E-state index contributed by atoms with van der Waals surface area (Å²) in [6.07, 6.45) is 3.05. The zero-order chi connectivity index (χ0) is 13.4. The maximum absolute atomic E-state index is 10.8. The van der Waals surface area contributed by atoms with E-state index in [-0.39, 0.29) is 5.69 Å². The molecule has 1 aromatic rings. The van der Waals surface area contributed by atoms with Crippen molar-refractivity contribution in [3.05, 3.63) is 17.5 Å². The van der Waals surface area contributed by atoms with Crippen LogP contribution in [0.2, 0.25) is 0 Å². The number of rotatable bonds is 8. The zero-order valence-corrected chi connectivity index (χ0v) is 10.8. The van der Waals surface area contributed by atoms with Crippen molar-refractivity contribution in [2.24, 2.45) is 0 Å². The van der Waals surface area contributed by atoms with E-state index in [2.05, 4.69) is 15.3 Å². The summed E-state index contributed by atoms with van der Waals surface area (Å²) in [6, 6.07) is 1.45. The van der Waals surface area contributed by atoms with Gasteiger partial charge in [0.25, 0.3) is 0 Å². The van der Waals surface area contributed by atoms with Crippen molar-refractivity contribution in [1.82, 2.24) is 9.97 Å². The van der Waals surface area contributed by atoms with E-state index >= 15 is 0 Å². The number of carboxylic acid groups (broad SMARTS) is 1. The van der Waals surface area contributed by atoms with Crippen LogP contribution in [0.25, 0.3) is 0 Å². The number of aromatic nitrogens is 2. The van der Waals surface area contributed by atoms with Crippen LogP contribution < -0.4 is 5.32 Å². The molecule has 0 fully saturated rings. The fraction of sp³-hybridized carbons (Fsp3) is 0.583. The molecule has 18 heavy (non-hydrogen) atoms. The van der Waals surface area contributed by atoms with Crippen LogP contribution in [0.15, 0.2) is 6.07 Å². The van der Waals surface area contributed by atoms with Gasteiger partial charge in [-0.1, -0.05) is 0 Å². The summed E-state index contributed by atoms with van der Waals surface area (Å²) >= 11 is 0. The number of carbonyl (C=O) groups is 1. The average molecular weight is 253 g/mol. The molecule has 0 aliphatic rings. The van der Waals surface area contributed by atoms with Gasteiger partial charge < -0.3 is 15.2 Å². The standard InChI is InChI=1S/C12H19N3O3/c1-9-8-10(11(16)17)15-12(14-9)13-6-4-3-5-7-18-2/h8H,3-7H2,1-2H3,(H,16,17)(H,13,14,15). The fourth-order valence-electron chi connectivity index (χ4n) is 1.51. The lowest BCUT2D eigenvalue weighted by Crippen LogP contribution is -2.10. The topological polar surface area (TPSA) is 84.3 Å². The predicted molar refractivity (Wildman–Crippen MR) is 67.9 cm³/mol. The summed E-state index contributed by atoms with van der Waals surface area (Å²) in [5.74, 6) is -0.664. The van der Waals surface area contributed by atoms with Gasteiger partial charge in [-0.2, -0.15) is 0 Å². The number of nitrogens with one attached hydrogen (secondary N) is 1. The third-order valence-corrected chi connectivity index (χ3v) is 2.38. The third kappa shape index (κ3) is 5.09. The number of aromatic carboxylic acids is 1. The largest absolute Gasteiger partial charge is 0.477 e. The molecule has 0 radical (unpaired) electrons. The van der Waals surface area contributed by atoms with Crippen molar-refractivity contribution >= 4 is 11.9 Å². The number of anilines is 1. The van der Waals surface area contributed by atoms with Gasteiger partial charge in [0, 0.05) is 26.0 Å².